The van der Waals surface area contributed by atoms with Crippen LogP contribution in [-0.2, 0) is 20.7 Å². The molecule has 1 aromatic heterocycles. The largest absolute Gasteiger partial charge is 0.469 e. The topological polar surface area (TPSA) is 65.7 Å². The van der Waals surface area contributed by atoms with Gasteiger partial charge in [0.2, 0.25) is 0 Å². The molecule has 0 bridgehead atoms. The Morgan fingerprint density at radius 3 is 2.48 bits per heavy atom. The first-order chi connectivity index (χ1) is 9.65. The van der Waals surface area contributed by atoms with E-state index in [2.05, 4.69) is 6.58 Å². The Hall–Kier alpha value is -2.04. The maximum Gasteiger partial charge on any atom is 0.342 e. The fraction of sp³-hybridized carbons (Fsp3) is 0.500. The number of ether oxygens (including phenoxy) is 2. The maximum absolute atomic E-state index is 12.1. The van der Waals surface area contributed by atoms with E-state index in [-0.39, 0.29) is 6.42 Å². The lowest BCUT2D eigenvalue weighted by molar-refractivity contribution is -0.144. The van der Waals surface area contributed by atoms with Gasteiger partial charge in [-0.3, -0.25) is 4.79 Å². The lowest BCUT2D eigenvalue weighted by atomic mass is 9.95. The van der Waals surface area contributed by atoms with E-state index in [4.69, 9.17) is 13.9 Å². The average Bonchev–Trinajstić information content (AvgIpc) is 2.80. The van der Waals surface area contributed by atoms with Gasteiger partial charge in [-0.1, -0.05) is 12.2 Å². The summed E-state index contributed by atoms with van der Waals surface area (Å²) in [5.74, 6) is -1.05. The van der Waals surface area contributed by atoms with Gasteiger partial charge in [0.15, 0.2) is 0 Å². The highest BCUT2D eigenvalue weighted by molar-refractivity contribution is 5.91. The van der Waals surface area contributed by atoms with Crippen molar-refractivity contribution in [2.45, 2.75) is 39.7 Å². The van der Waals surface area contributed by atoms with Crippen LogP contribution in [0.25, 0.3) is 0 Å². The Kier molecular flexibility index (Phi) is 5.35. The van der Waals surface area contributed by atoms with E-state index in [1.54, 1.807) is 27.7 Å². The lowest BCUT2D eigenvalue weighted by Gasteiger charge is -2.19. The molecule has 21 heavy (non-hydrogen) atoms. The molecular formula is C16H22O5. The summed E-state index contributed by atoms with van der Waals surface area (Å²) < 4.78 is 15.4. The first kappa shape index (κ1) is 17.0. The van der Waals surface area contributed by atoms with Gasteiger partial charge in [-0.25, -0.2) is 4.79 Å². The van der Waals surface area contributed by atoms with Gasteiger partial charge >= 0.3 is 11.9 Å². The molecule has 0 N–H and O–H groups in total. The summed E-state index contributed by atoms with van der Waals surface area (Å²) in [6, 6.07) is 1.54. The first-order valence-corrected chi connectivity index (χ1v) is 6.68. The van der Waals surface area contributed by atoms with Crippen LogP contribution in [0.3, 0.4) is 0 Å². The third kappa shape index (κ3) is 4.77. The lowest BCUT2D eigenvalue weighted by Crippen LogP contribution is -2.25. The van der Waals surface area contributed by atoms with Gasteiger partial charge in [0.1, 0.15) is 16.9 Å². The number of hydrogen-bond donors (Lipinski definition) is 0. The maximum atomic E-state index is 12.1. The Morgan fingerprint density at radius 2 is 2.00 bits per heavy atom. The van der Waals surface area contributed by atoms with E-state index in [9.17, 15) is 9.59 Å². The predicted octanol–water partition coefficient (Wildman–Crippen LogP) is 3.14. The molecule has 0 radical (unpaired) electrons. The number of hydrogen-bond acceptors (Lipinski definition) is 5. The number of furan rings is 1. The molecule has 0 spiro atoms. The van der Waals surface area contributed by atoms with Crippen molar-refractivity contribution in [1.82, 2.24) is 0 Å². The molecule has 1 rings (SSSR count). The van der Waals surface area contributed by atoms with Crippen LogP contribution in [0.4, 0.5) is 0 Å². The average molecular weight is 294 g/mol. The van der Waals surface area contributed by atoms with Crippen molar-refractivity contribution in [3.8, 4) is 0 Å². The van der Waals surface area contributed by atoms with E-state index < -0.39 is 23.5 Å². The number of carbonyl (C=O) groups excluding carboxylic acids is 2. The third-order valence-corrected chi connectivity index (χ3v) is 2.83. The Balaban J connectivity index is 2.95. The molecule has 116 valence electrons. The van der Waals surface area contributed by atoms with Crippen LogP contribution in [0.15, 0.2) is 28.9 Å². The molecule has 0 aromatic carbocycles. The van der Waals surface area contributed by atoms with Gasteiger partial charge in [-0.15, -0.1) is 0 Å². The van der Waals surface area contributed by atoms with Crippen molar-refractivity contribution in [2.75, 3.05) is 7.11 Å². The second-order valence-electron chi connectivity index (χ2n) is 5.89. The summed E-state index contributed by atoms with van der Waals surface area (Å²) in [6.45, 7) is 10.9. The van der Waals surface area contributed by atoms with Crippen molar-refractivity contribution in [1.29, 1.82) is 0 Å². The van der Waals surface area contributed by atoms with Crippen LogP contribution < -0.4 is 0 Å². The summed E-state index contributed by atoms with van der Waals surface area (Å²) in [7, 11) is 1.31. The van der Waals surface area contributed by atoms with Crippen LogP contribution in [0, 0.1) is 5.92 Å². The minimum Gasteiger partial charge on any atom is -0.469 e. The predicted molar refractivity (Wildman–Crippen MR) is 77.9 cm³/mol. The third-order valence-electron chi connectivity index (χ3n) is 2.83. The number of esters is 2. The molecule has 1 heterocycles. The summed E-state index contributed by atoms with van der Waals surface area (Å²) >= 11 is 0. The molecule has 5 nitrogen and oxygen atoms in total. The van der Waals surface area contributed by atoms with E-state index in [1.165, 1.54) is 19.4 Å². The van der Waals surface area contributed by atoms with Crippen LogP contribution in [0.2, 0.25) is 0 Å². The number of methoxy groups -OCH3 is 1. The molecule has 0 aliphatic heterocycles. The number of carbonyl (C=O) groups is 2. The molecular weight excluding hydrogens is 272 g/mol. The van der Waals surface area contributed by atoms with Gasteiger partial charge in [0.25, 0.3) is 0 Å². The zero-order valence-corrected chi connectivity index (χ0v) is 13.2. The van der Waals surface area contributed by atoms with Gasteiger partial charge in [-0.05, 0) is 33.8 Å². The van der Waals surface area contributed by atoms with Gasteiger partial charge < -0.3 is 13.9 Å². The second kappa shape index (κ2) is 6.61. The SMILES string of the molecule is C=C(C)C(Cc1occc1C(=O)OC(C)(C)C)C(=O)OC. The molecule has 0 aliphatic rings. The smallest absolute Gasteiger partial charge is 0.342 e. The molecule has 0 aliphatic carbocycles. The molecule has 1 unspecified atom stereocenters. The summed E-state index contributed by atoms with van der Waals surface area (Å²) in [5, 5.41) is 0. The molecule has 0 saturated heterocycles. The van der Waals surface area contributed by atoms with Gasteiger partial charge in [-0.2, -0.15) is 0 Å². The zero-order valence-electron chi connectivity index (χ0n) is 13.2. The monoisotopic (exact) mass is 294 g/mol. The Labute approximate surface area is 124 Å². The highest BCUT2D eigenvalue weighted by atomic mass is 16.6. The van der Waals surface area contributed by atoms with Crippen LogP contribution in [0.1, 0.15) is 43.8 Å². The van der Waals surface area contributed by atoms with Crippen molar-refractivity contribution >= 4 is 11.9 Å². The van der Waals surface area contributed by atoms with Gasteiger partial charge in [0, 0.05) is 6.42 Å². The van der Waals surface area contributed by atoms with Crippen molar-refractivity contribution in [3.05, 3.63) is 35.8 Å². The van der Waals surface area contributed by atoms with Crippen LogP contribution >= 0.6 is 0 Å². The fourth-order valence-electron chi connectivity index (χ4n) is 1.80. The molecule has 0 saturated carbocycles. The zero-order chi connectivity index (χ0) is 16.2. The standard InChI is InChI=1S/C16H22O5/c1-10(2)12(14(17)19-6)9-13-11(7-8-20-13)15(18)21-16(3,4)5/h7-8,12H,1,9H2,2-6H3. The van der Waals surface area contributed by atoms with Crippen LogP contribution in [-0.4, -0.2) is 24.6 Å². The Bertz CT molecular complexity index is 533. The van der Waals surface area contributed by atoms with E-state index >= 15 is 0 Å². The molecule has 0 fully saturated rings. The van der Waals surface area contributed by atoms with Crippen molar-refractivity contribution in [3.63, 3.8) is 0 Å². The highest BCUT2D eigenvalue weighted by Crippen LogP contribution is 2.23. The quantitative estimate of drug-likeness (QED) is 0.616. The normalized spacial score (nSPS) is 12.6. The molecule has 5 heteroatoms. The van der Waals surface area contributed by atoms with E-state index in [0.717, 1.165) is 0 Å². The van der Waals surface area contributed by atoms with E-state index in [0.29, 0.717) is 16.9 Å². The second-order valence-corrected chi connectivity index (χ2v) is 5.89. The van der Waals surface area contributed by atoms with Crippen LogP contribution in [0.5, 0.6) is 0 Å². The van der Waals surface area contributed by atoms with Gasteiger partial charge in [0.05, 0.1) is 19.3 Å². The minimum atomic E-state index is -0.596. The molecule has 1 aromatic rings. The van der Waals surface area contributed by atoms with E-state index in [1.807, 2.05) is 0 Å². The van der Waals surface area contributed by atoms with Crippen molar-refractivity contribution in [2.24, 2.45) is 5.92 Å². The highest BCUT2D eigenvalue weighted by Gasteiger charge is 2.27. The summed E-state index contributed by atoms with van der Waals surface area (Å²) in [6.07, 6.45) is 1.62. The molecule has 0 amide bonds. The Morgan fingerprint density at radius 1 is 1.38 bits per heavy atom. The number of rotatable bonds is 5. The van der Waals surface area contributed by atoms with Crippen molar-refractivity contribution < 1.29 is 23.5 Å². The minimum absolute atomic E-state index is 0.212. The summed E-state index contributed by atoms with van der Waals surface area (Å²) in [5.41, 5.74) is 0.371. The summed E-state index contributed by atoms with van der Waals surface area (Å²) in [4.78, 5) is 23.9. The fourth-order valence-corrected chi connectivity index (χ4v) is 1.80. The first-order valence-electron chi connectivity index (χ1n) is 6.68. The molecule has 1 atom stereocenters.